The van der Waals surface area contributed by atoms with E-state index in [0.29, 0.717) is 26.4 Å². The SMILES string of the molecule is CCOC(=O)C1=C(C)N=c2sc(=Cc3ccc(I)o3)c(=O)n2C1c1cccs1. The standard InChI is InChI=1S/C19H15IN2O4S2/c1-3-25-18(24)15-10(2)21-19-22(16(15)12-5-4-8-27-12)17(23)13(28-19)9-11-6-7-14(20)26-11/h4-9,16H,3H2,1-2H3. The first kappa shape index (κ1) is 19.3. The maximum atomic E-state index is 13.2. The molecule has 0 N–H and O–H groups in total. The largest absolute Gasteiger partial charge is 0.463 e. The van der Waals surface area contributed by atoms with Gasteiger partial charge in [-0.1, -0.05) is 17.4 Å². The molecule has 9 heteroatoms. The molecule has 3 aromatic rings. The number of nitrogens with zero attached hydrogens (tertiary/aromatic N) is 2. The van der Waals surface area contributed by atoms with Gasteiger partial charge in [0.15, 0.2) is 8.57 Å². The summed E-state index contributed by atoms with van der Waals surface area (Å²) in [7, 11) is 0. The fourth-order valence-corrected chi connectivity index (χ4v) is 5.33. The van der Waals surface area contributed by atoms with Crippen molar-refractivity contribution in [1.82, 2.24) is 4.57 Å². The summed E-state index contributed by atoms with van der Waals surface area (Å²) in [4.78, 5) is 31.9. The third-order valence-corrected chi connectivity index (χ3v) is 6.68. The smallest absolute Gasteiger partial charge is 0.338 e. The molecule has 0 radical (unpaired) electrons. The predicted molar refractivity (Wildman–Crippen MR) is 116 cm³/mol. The van der Waals surface area contributed by atoms with Gasteiger partial charge < -0.3 is 9.15 Å². The summed E-state index contributed by atoms with van der Waals surface area (Å²) in [5.74, 6) is 0.153. The van der Waals surface area contributed by atoms with E-state index >= 15 is 0 Å². The molecule has 0 saturated carbocycles. The van der Waals surface area contributed by atoms with Crippen LogP contribution < -0.4 is 14.9 Å². The molecule has 0 fully saturated rings. The van der Waals surface area contributed by atoms with E-state index in [-0.39, 0.29) is 12.2 Å². The minimum Gasteiger partial charge on any atom is -0.463 e. The van der Waals surface area contributed by atoms with Crippen LogP contribution in [0.25, 0.3) is 6.08 Å². The summed E-state index contributed by atoms with van der Waals surface area (Å²) >= 11 is 4.85. The van der Waals surface area contributed by atoms with Crippen LogP contribution >= 0.6 is 45.3 Å². The van der Waals surface area contributed by atoms with Crippen molar-refractivity contribution in [3.8, 4) is 0 Å². The average Bonchev–Trinajstić information content (AvgIpc) is 3.37. The number of fused-ring (bicyclic) bond motifs is 1. The zero-order chi connectivity index (χ0) is 19.8. The summed E-state index contributed by atoms with van der Waals surface area (Å²) in [6.45, 7) is 3.79. The molecular formula is C19H15IN2O4S2. The van der Waals surface area contributed by atoms with Crippen LogP contribution in [0.1, 0.15) is 30.5 Å². The Morgan fingerprint density at radius 2 is 2.25 bits per heavy atom. The van der Waals surface area contributed by atoms with Crippen LogP contribution in [0, 0.1) is 3.77 Å². The topological polar surface area (TPSA) is 73.8 Å². The molecule has 1 aliphatic rings. The maximum Gasteiger partial charge on any atom is 0.338 e. The molecule has 0 spiro atoms. The Balaban J connectivity index is 1.95. The van der Waals surface area contributed by atoms with Crippen molar-refractivity contribution in [2.45, 2.75) is 19.9 Å². The molecular weight excluding hydrogens is 511 g/mol. The van der Waals surface area contributed by atoms with Gasteiger partial charge >= 0.3 is 5.97 Å². The number of allylic oxidation sites excluding steroid dienone is 1. The number of hydrogen-bond acceptors (Lipinski definition) is 7. The molecule has 0 saturated heterocycles. The molecule has 1 aliphatic heterocycles. The fraction of sp³-hybridized carbons (Fsp3) is 0.211. The second-order valence-corrected chi connectivity index (χ2v) is 9.01. The van der Waals surface area contributed by atoms with Gasteiger partial charge in [-0.05, 0) is 60.0 Å². The highest BCUT2D eigenvalue weighted by Crippen LogP contribution is 2.33. The number of rotatable bonds is 4. The maximum absolute atomic E-state index is 13.2. The van der Waals surface area contributed by atoms with Gasteiger partial charge in [-0.2, -0.15) is 0 Å². The second kappa shape index (κ2) is 7.80. The molecule has 0 aliphatic carbocycles. The van der Waals surface area contributed by atoms with E-state index in [0.717, 1.165) is 8.64 Å². The summed E-state index contributed by atoms with van der Waals surface area (Å²) in [5.41, 5.74) is 0.760. The van der Waals surface area contributed by atoms with Crippen molar-refractivity contribution in [2.24, 2.45) is 4.99 Å². The van der Waals surface area contributed by atoms with Gasteiger partial charge in [-0.25, -0.2) is 9.79 Å². The Morgan fingerprint density at radius 1 is 1.43 bits per heavy atom. The van der Waals surface area contributed by atoms with Gasteiger partial charge in [-0.15, -0.1) is 11.3 Å². The lowest BCUT2D eigenvalue weighted by Crippen LogP contribution is -2.39. The fourth-order valence-electron chi connectivity index (χ4n) is 3.04. The predicted octanol–water partition coefficient (Wildman–Crippen LogP) is 3.06. The van der Waals surface area contributed by atoms with Gasteiger partial charge in [0, 0.05) is 11.0 Å². The molecule has 0 amide bonds. The van der Waals surface area contributed by atoms with Crippen LogP contribution in [0.5, 0.6) is 0 Å². The van der Waals surface area contributed by atoms with Crippen molar-refractivity contribution >= 4 is 57.3 Å². The van der Waals surface area contributed by atoms with E-state index < -0.39 is 12.0 Å². The molecule has 6 nitrogen and oxygen atoms in total. The highest BCUT2D eigenvalue weighted by Gasteiger charge is 2.33. The van der Waals surface area contributed by atoms with E-state index in [1.807, 2.05) is 29.6 Å². The number of carbonyl (C=O) groups excluding carboxylic acids is 1. The number of thiophene rings is 1. The molecule has 0 aromatic carbocycles. The minimum atomic E-state index is -0.547. The summed E-state index contributed by atoms with van der Waals surface area (Å²) in [5, 5.41) is 1.92. The van der Waals surface area contributed by atoms with Crippen molar-refractivity contribution in [1.29, 1.82) is 0 Å². The zero-order valence-electron chi connectivity index (χ0n) is 15.0. The van der Waals surface area contributed by atoms with E-state index in [1.165, 1.54) is 22.7 Å². The van der Waals surface area contributed by atoms with Gasteiger partial charge in [0.1, 0.15) is 11.8 Å². The van der Waals surface area contributed by atoms with E-state index in [9.17, 15) is 9.59 Å². The first-order chi connectivity index (χ1) is 13.5. The second-order valence-electron chi connectivity index (χ2n) is 5.96. The molecule has 3 aromatic heterocycles. The number of esters is 1. The van der Waals surface area contributed by atoms with Crippen LogP contribution in [0.3, 0.4) is 0 Å². The molecule has 144 valence electrons. The lowest BCUT2D eigenvalue weighted by atomic mass is 10.0. The van der Waals surface area contributed by atoms with E-state index in [4.69, 9.17) is 9.15 Å². The van der Waals surface area contributed by atoms with Crippen LogP contribution in [0.4, 0.5) is 0 Å². The lowest BCUT2D eigenvalue weighted by molar-refractivity contribution is -0.139. The zero-order valence-corrected chi connectivity index (χ0v) is 18.8. The first-order valence-electron chi connectivity index (χ1n) is 8.48. The number of ether oxygens (including phenoxy) is 1. The quantitative estimate of drug-likeness (QED) is 0.387. The minimum absolute atomic E-state index is 0.206. The number of carbonyl (C=O) groups is 1. The number of aromatic nitrogens is 1. The van der Waals surface area contributed by atoms with Gasteiger partial charge in [0.25, 0.3) is 5.56 Å². The van der Waals surface area contributed by atoms with E-state index in [2.05, 4.69) is 27.6 Å². The first-order valence-corrected chi connectivity index (χ1v) is 11.3. The highest BCUT2D eigenvalue weighted by molar-refractivity contribution is 14.1. The van der Waals surface area contributed by atoms with Gasteiger partial charge in [0.2, 0.25) is 0 Å². The van der Waals surface area contributed by atoms with Crippen molar-refractivity contribution in [3.63, 3.8) is 0 Å². The number of halogens is 1. The third kappa shape index (κ3) is 3.42. The Morgan fingerprint density at radius 3 is 2.89 bits per heavy atom. The van der Waals surface area contributed by atoms with Crippen LogP contribution in [0.2, 0.25) is 0 Å². The highest BCUT2D eigenvalue weighted by atomic mass is 127. The third-order valence-electron chi connectivity index (χ3n) is 4.20. The molecule has 28 heavy (non-hydrogen) atoms. The normalized spacial score (nSPS) is 16.8. The summed E-state index contributed by atoms with van der Waals surface area (Å²) in [6, 6.07) is 6.92. The monoisotopic (exact) mass is 526 g/mol. The van der Waals surface area contributed by atoms with Crippen molar-refractivity contribution < 1.29 is 13.9 Å². The molecule has 4 rings (SSSR count). The molecule has 0 bridgehead atoms. The van der Waals surface area contributed by atoms with Gasteiger partial charge in [-0.3, -0.25) is 9.36 Å². The summed E-state index contributed by atoms with van der Waals surface area (Å²) in [6.07, 6.45) is 1.71. The molecule has 4 heterocycles. The van der Waals surface area contributed by atoms with Crippen molar-refractivity contribution in [2.75, 3.05) is 6.61 Å². The Kier molecular flexibility index (Phi) is 5.39. The Labute approximate surface area is 181 Å². The Bertz CT molecular complexity index is 1250. The van der Waals surface area contributed by atoms with Crippen LogP contribution in [-0.4, -0.2) is 17.1 Å². The number of thiazole rings is 1. The molecule has 1 atom stereocenters. The summed E-state index contributed by atoms with van der Waals surface area (Å²) < 4.78 is 13.6. The Hall–Kier alpha value is -1.98. The number of hydrogen-bond donors (Lipinski definition) is 0. The van der Waals surface area contributed by atoms with Crippen molar-refractivity contribution in [3.05, 3.63) is 75.0 Å². The van der Waals surface area contributed by atoms with E-state index in [1.54, 1.807) is 24.5 Å². The number of furan rings is 1. The van der Waals surface area contributed by atoms with Crippen LogP contribution in [0.15, 0.2) is 55.1 Å². The van der Waals surface area contributed by atoms with Gasteiger partial charge in [0.05, 0.1) is 22.4 Å². The lowest BCUT2D eigenvalue weighted by Gasteiger charge is -2.23. The van der Waals surface area contributed by atoms with Crippen LogP contribution in [-0.2, 0) is 9.53 Å². The average molecular weight is 526 g/mol. The molecule has 1 unspecified atom stereocenters.